The SMILES string of the molecule is CCc1ccc2oc(Cc3ccc(NC(=S)NC(=O)c4cccc(Cl)c4)cc3)nc2c1. The summed E-state index contributed by atoms with van der Waals surface area (Å²) >= 11 is 11.2. The van der Waals surface area contributed by atoms with E-state index in [9.17, 15) is 4.79 Å². The molecule has 1 heterocycles. The van der Waals surface area contributed by atoms with Gasteiger partial charge >= 0.3 is 0 Å². The number of aromatic nitrogens is 1. The van der Waals surface area contributed by atoms with Gasteiger partial charge in [-0.1, -0.05) is 42.8 Å². The number of nitrogens with one attached hydrogen (secondary N) is 2. The minimum atomic E-state index is -0.321. The van der Waals surface area contributed by atoms with Gasteiger partial charge in [0.25, 0.3) is 5.91 Å². The molecule has 0 fully saturated rings. The fourth-order valence-electron chi connectivity index (χ4n) is 3.16. The van der Waals surface area contributed by atoms with Crippen molar-refractivity contribution in [2.45, 2.75) is 19.8 Å². The van der Waals surface area contributed by atoms with Crippen LogP contribution in [0.2, 0.25) is 5.02 Å². The molecule has 5 nitrogen and oxygen atoms in total. The highest BCUT2D eigenvalue weighted by Gasteiger charge is 2.10. The van der Waals surface area contributed by atoms with E-state index in [-0.39, 0.29) is 11.0 Å². The standard InChI is InChI=1S/C24H20ClN3O2S/c1-2-15-8-11-21-20(12-15)27-22(30-21)13-16-6-9-19(10-7-16)26-24(31)28-23(29)17-4-3-5-18(25)14-17/h3-12,14H,2,13H2,1H3,(H2,26,28,29,31). The highest BCUT2D eigenvalue weighted by molar-refractivity contribution is 7.80. The Morgan fingerprint density at radius 1 is 1.06 bits per heavy atom. The average Bonchev–Trinajstić information content (AvgIpc) is 3.16. The number of carbonyl (C=O) groups is 1. The van der Waals surface area contributed by atoms with Gasteiger partial charge < -0.3 is 9.73 Å². The molecule has 156 valence electrons. The second-order valence-electron chi connectivity index (χ2n) is 7.06. The number of benzene rings is 3. The van der Waals surface area contributed by atoms with Crippen molar-refractivity contribution < 1.29 is 9.21 Å². The van der Waals surface area contributed by atoms with E-state index in [1.807, 2.05) is 30.3 Å². The Morgan fingerprint density at radius 2 is 1.84 bits per heavy atom. The zero-order valence-corrected chi connectivity index (χ0v) is 18.4. The number of hydrogen-bond donors (Lipinski definition) is 2. The first-order valence-electron chi connectivity index (χ1n) is 9.85. The molecule has 31 heavy (non-hydrogen) atoms. The largest absolute Gasteiger partial charge is 0.440 e. The third kappa shape index (κ3) is 5.29. The zero-order valence-electron chi connectivity index (χ0n) is 16.8. The topological polar surface area (TPSA) is 67.2 Å². The summed E-state index contributed by atoms with van der Waals surface area (Å²) < 4.78 is 5.86. The molecule has 1 amide bonds. The van der Waals surface area contributed by atoms with Gasteiger partial charge in [0.15, 0.2) is 16.6 Å². The van der Waals surface area contributed by atoms with Gasteiger partial charge in [0.1, 0.15) is 5.52 Å². The van der Waals surface area contributed by atoms with Crippen molar-refractivity contribution in [3.8, 4) is 0 Å². The molecule has 0 unspecified atom stereocenters. The molecule has 3 aromatic carbocycles. The number of carbonyl (C=O) groups excluding carboxylic acids is 1. The molecule has 0 saturated heterocycles. The van der Waals surface area contributed by atoms with E-state index in [4.69, 9.17) is 28.2 Å². The summed E-state index contributed by atoms with van der Waals surface area (Å²) in [5.74, 6) is 0.354. The van der Waals surface area contributed by atoms with Gasteiger partial charge in [-0.15, -0.1) is 0 Å². The lowest BCUT2D eigenvalue weighted by Gasteiger charge is -2.10. The molecule has 0 saturated carbocycles. The predicted molar refractivity (Wildman–Crippen MR) is 128 cm³/mol. The highest BCUT2D eigenvalue weighted by atomic mass is 35.5. The normalized spacial score (nSPS) is 10.8. The van der Waals surface area contributed by atoms with Crippen LogP contribution in [0.5, 0.6) is 0 Å². The van der Waals surface area contributed by atoms with Crippen molar-refractivity contribution in [1.82, 2.24) is 10.3 Å². The molecule has 0 aliphatic rings. The van der Waals surface area contributed by atoms with Crippen molar-refractivity contribution in [2.24, 2.45) is 0 Å². The zero-order chi connectivity index (χ0) is 21.8. The molecule has 0 bridgehead atoms. The molecule has 4 rings (SSSR count). The molecule has 2 N–H and O–H groups in total. The first-order chi connectivity index (χ1) is 15.0. The minimum Gasteiger partial charge on any atom is -0.440 e. The van der Waals surface area contributed by atoms with Crippen molar-refractivity contribution in [2.75, 3.05) is 5.32 Å². The third-order valence-electron chi connectivity index (χ3n) is 4.79. The molecular weight excluding hydrogens is 430 g/mol. The van der Waals surface area contributed by atoms with Crippen LogP contribution >= 0.6 is 23.8 Å². The maximum absolute atomic E-state index is 12.3. The molecular formula is C24H20ClN3O2S. The Hall–Kier alpha value is -3.22. The average molecular weight is 450 g/mol. The Labute approximate surface area is 190 Å². The van der Waals surface area contributed by atoms with Gasteiger partial charge in [0, 0.05) is 22.7 Å². The van der Waals surface area contributed by atoms with Crippen LogP contribution in [0, 0.1) is 0 Å². The van der Waals surface area contributed by atoms with Gasteiger partial charge in [-0.25, -0.2) is 4.98 Å². The molecule has 0 radical (unpaired) electrons. The van der Waals surface area contributed by atoms with E-state index >= 15 is 0 Å². The van der Waals surface area contributed by atoms with Crippen LogP contribution in [0.15, 0.2) is 71.1 Å². The number of amides is 1. The van der Waals surface area contributed by atoms with Crippen molar-refractivity contribution in [3.63, 3.8) is 0 Å². The van der Waals surface area contributed by atoms with E-state index in [1.165, 1.54) is 5.56 Å². The summed E-state index contributed by atoms with van der Waals surface area (Å²) in [6.07, 6.45) is 1.56. The van der Waals surface area contributed by atoms with Crippen LogP contribution in [-0.4, -0.2) is 16.0 Å². The van der Waals surface area contributed by atoms with Crippen LogP contribution in [0.3, 0.4) is 0 Å². The monoisotopic (exact) mass is 449 g/mol. The van der Waals surface area contributed by atoms with Crippen LogP contribution in [0.4, 0.5) is 5.69 Å². The fourth-order valence-corrected chi connectivity index (χ4v) is 3.56. The Balaban J connectivity index is 1.36. The number of hydrogen-bond acceptors (Lipinski definition) is 4. The second-order valence-corrected chi connectivity index (χ2v) is 7.90. The summed E-state index contributed by atoms with van der Waals surface area (Å²) in [6, 6.07) is 20.5. The number of fused-ring (bicyclic) bond motifs is 1. The molecule has 0 atom stereocenters. The van der Waals surface area contributed by atoms with Crippen LogP contribution in [-0.2, 0) is 12.8 Å². The van der Waals surface area contributed by atoms with E-state index in [1.54, 1.807) is 24.3 Å². The first kappa shape index (κ1) is 21.0. The van der Waals surface area contributed by atoms with E-state index in [0.717, 1.165) is 28.8 Å². The van der Waals surface area contributed by atoms with Gasteiger partial charge in [0.05, 0.1) is 0 Å². The smallest absolute Gasteiger partial charge is 0.257 e. The van der Waals surface area contributed by atoms with E-state index in [0.29, 0.717) is 22.9 Å². The molecule has 0 aliphatic carbocycles. The van der Waals surface area contributed by atoms with Gasteiger partial charge in [-0.05, 0) is 72.2 Å². The van der Waals surface area contributed by atoms with Crippen molar-refractivity contribution in [3.05, 3.63) is 94.3 Å². The Bertz CT molecular complexity index is 1250. The number of anilines is 1. The maximum Gasteiger partial charge on any atom is 0.257 e. The van der Waals surface area contributed by atoms with Crippen LogP contribution in [0.25, 0.3) is 11.1 Å². The Morgan fingerprint density at radius 3 is 2.58 bits per heavy atom. The molecule has 0 aliphatic heterocycles. The summed E-state index contributed by atoms with van der Waals surface area (Å²) in [6.45, 7) is 2.12. The number of aryl methyl sites for hydroxylation is 1. The van der Waals surface area contributed by atoms with Gasteiger partial charge in [-0.3, -0.25) is 10.1 Å². The lowest BCUT2D eigenvalue weighted by atomic mass is 10.1. The summed E-state index contributed by atoms with van der Waals surface area (Å²) in [5, 5.41) is 6.36. The Kier molecular flexibility index (Phi) is 6.30. The van der Waals surface area contributed by atoms with Crippen molar-refractivity contribution >= 4 is 51.6 Å². The predicted octanol–water partition coefficient (Wildman–Crippen LogP) is 5.76. The summed E-state index contributed by atoms with van der Waals surface area (Å²) in [4.78, 5) is 16.8. The number of thiocarbonyl (C=S) groups is 1. The van der Waals surface area contributed by atoms with E-state index < -0.39 is 0 Å². The number of rotatable bonds is 5. The molecule has 1 aromatic heterocycles. The summed E-state index contributed by atoms with van der Waals surface area (Å²) in [7, 11) is 0. The number of halogens is 1. The number of nitrogens with zero attached hydrogens (tertiary/aromatic N) is 1. The van der Waals surface area contributed by atoms with Gasteiger partial charge in [0.2, 0.25) is 0 Å². The van der Waals surface area contributed by atoms with Crippen LogP contribution in [0.1, 0.15) is 34.3 Å². The van der Waals surface area contributed by atoms with Crippen LogP contribution < -0.4 is 10.6 Å². The molecule has 7 heteroatoms. The molecule has 0 spiro atoms. The van der Waals surface area contributed by atoms with Gasteiger partial charge in [-0.2, -0.15) is 0 Å². The van der Waals surface area contributed by atoms with Crippen molar-refractivity contribution in [1.29, 1.82) is 0 Å². The second kappa shape index (κ2) is 9.29. The number of oxazole rings is 1. The fraction of sp³-hybridized carbons (Fsp3) is 0.125. The van der Waals surface area contributed by atoms with E-state index in [2.05, 4.69) is 34.7 Å². The quantitative estimate of drug-likeness (QED) is 0.379. The third-order valence-corrected chi connectivity index (χ3v) is 5.22. The summed E-state index contributed by atoms with van der Waals surface area (Å²) in [5.41, 5.74) is 5.18. The highest BCUT2D eigenvalue weighted by Crippen LogP contribution is 2.20. The molecule has 4 aromatic rings. The first-order valence-corrected chi connectivity index (χ1v) is 10.6. The minimum absolute atomic E-state index is 0.211. The maximum atomic E-state index is 12.3. The lowest BCUT2D eigenvalue weighted by Crippen LogP contribution is -2.34. The lowest BCUT2D eigenvalue weighted by molar-refractivity contribution is 0.0977.